The van der Waals surface area contributed by atoms with Crippen molar-refractivity contribution in [2.45, 2.75) is 33.4 Å². The van der Waals surface area contributed by atoms with E-state index in [1.54, 1.807) is 14.2 Å². The number of fused-ring (bicyclic) bond motifs is 2. The summed E-state index contributed by atoms with van der Waals surface area (Å²) in [6.45, 7) is 6.04. The molecule has 2 atom stereocenters. The normalized spacial score (nSPS) is 11.5. The third kappa shape index (κ3) is 13.4. The minimum atomic E-state index is 0. The lowest BCUT2D eigenvalue weighted by molar-refractivity contribution is 0.414. The van der Waals surface area contributed by atoms with Crippen LogP contribution in [0.15, 0.2) is 157 Å². The topological polar surface area (TPSA) is 42.5 Å². The second kappa shape index (κ2) is 23.9. The lowest BCUT2D eigenvalue weighted by Gasteiger charge is -2.15. The SMILES string of the molecule is C.C#Cc1cccc(OC)c1.COc1cccc(C#C/C=C/CN[C@H](C)c2cccc3ccccc23)c1.C[C@@H](NC/C=C/Br)c1cccc2ccccc12. The van der Waals surface area contributed by atoms with Crippen molar-refractivity contribution in [3.63, 3.8) is 0 Å². The molecule has 5 heteroatoms. The predicted molar refractivity (Wildman–Crippen MR) is 235 cm³/mol. The van der Waals surface area contributed by atoms with Crippen molar-refractivity contribution in [2.24, 2.45) is 0 Å². The van der Waals surface area contributed by atoms with Crippen molar-refractivity contribution in [3.05, 3.63) is 179 Å². The number of allylic oxidation sites excluding steroid dienone is 1. The third-order valence-electron chi connectivity index (χ3n) is 8.48. The first-order valence-electron chi connectivity index (χ1n) is 17.6. The number of hydrogen-bond acceptors (Lipinski definition) is 4. The highest BCUT2D eigenvalue weighted by Gasteiger charge is 2.08. The van der Waals surface area contributed by atoms with Gasteiger partial charge in [-0.05, 0) is 94.0 Å². The lowest BCUT2D eigenvalue weighted by atomic mass is 10.00. The maximum absolute atomic E-state index is 5.20. The van der Waals surface area contributed by atoms with E-state index in [0.717, 1.165) is 35.7 Å². The smallest absolute Gasteiger partial charge is 0.120 e. The van der Waals surface area contributed by atoms with Gasteiger partial charge in [-0.15, -0.1) is 6.42 Å². The molecule has 2 N–H and O–H groups in total. The highest BCUT2D eigenvalue weighted by Crippen LogP contribution is 2.25. The zero-order valence-electron chi connectivity index (χ0n) is 30.9. The van der Waals surface area contributed by atoms with E-state index in [1.165, 1.54) is 32.7 Å². The molecule has 0 saturated carbocycles. The third-order valence-corrected chi connectivity index (χ3v) is 8.85. The van der Waals surface area contributed by atoms with E-state index in [4.69, 9.17) is 15.9 Å². The van der Waals surface area contributed by atoms with E-state index in [1.807, 2.05) is 59.6 Å². The summed E-state index contributed by atoms with van der Waals surface area (Å²) < 4.78 is 10.2. The predicted octanol–water partition coefficient (Wildman–Crippen LogP) is 11.8. The summed E-state index contributed by atoms with van der Waals surface area (Å²) in [5.74, 6) is 10.3. The summed E-state index contributed by atoms with van der Waals surface area (Å²) in [5.41, 5.74) is 4.47. The van der Waals surface area contributed by atoms with Gasteiger partial charge in [-0.3, -0.25) is 0 Å². The van der Waals surface area contributed by atoms with Crippen molar-refractivity contribution >= 4 is 37.5 Å². The number of ether oxygens (including phenoxy) is 2. The first-order chi connectivity index (χ1) is 26.0. The lowest BCUT2D eigenvalue weighted by Crippen LogP contribution is -2.18. The van der Waals surface area contributed by atoms with Gasteiger partial charge in [0.05, 0.1) is 14.2 Å². The van der Waals surface area contributed by atoms with E-state index in [9.17, 15) is 0 Å². The Morgan fingerprint density at radius 1 is 0.630 bits per heavy atom. The highest BCUT2D eigenvalue weighted by atomic mass is 79.9. The number of nitrogens with one attached hydrogen (secondary N) is 2. The van der Waals surface area contributed by atoms with Crippen LogP contribution in [-0.2, 0) is 0 Å². The summed E-state index contributed by atoms with van der Waals surface area (Å²) in [7, 11) is 3.28. The van der Waals surface area contributed by atoms with Gasteiger partial charge in [-0.25, -0.2) is 0 Å². The summed E-state index contributed by atoms with van der Waals surface area (Å²) in [5, 5.41) is 12.2. The van der Waals surface area contributed by atoms with Crippen molar-refractivity contribution in [1.29, 1.82) is 0 Å². The van der Waals surface area contributed by atoms with Gasteiger partial charge in [0, 0.05) is 36.3 Å². The molecule has 0 radical (unpaired) electrons. The molecule has 6 rings (SSSR count). The Labute approximate surface area is 331 Å². The molecule has 0 fully saturated rings. The first kappa shape index (κ1) is 42.8. The summed E-state index contributed by atoms with van der Waals surface area (Å²) in [6.07, 6.45) is 11.2. The Morgan fingerprint density at radius 2 is 1.09 bits per heavy atom. The highest BCUT2D eigenvalue weighted by molar-refractivity contribution is 9.11. The molecule has 0 aliphatic rings. The molecule has 0 spiro atoms. The van der Waals surface area contributed by atoms with Gasteiger partial charge in [0.1, 0.15) is 11.5 Å². The summed E-state index contributed by atoms with van der Waals surface area (Å²) in [4.78, 5) is 1.88. The molecule has 0 amide bonds. The monoisotopic (exact) mass is 778 g/mol. The minimum Gasteiger partial charge on any atom is -0.497 e. The van der Waals surface area contributed by atoms with Crippen LogP contribution in [0.25, 0.3) is 21.5 Å². The van der Waals surface area contributed by atoms with E-state index in [2.05, 4.69) is 155 Å². The van der Waals surface area contributed by atoms with Crippen molar-refractivity contribution < 1.29 is 9.47 Å². The number of halogens is 1. The van der Waals surface area contributed by atoms with Crippen LogP contribution in [0.1, 0.15) is 55.6 Å². The van der Waals surface area contributed by atoms with E-state index >= 15 is 0 Å². The number of methoxy groups -OCH3 is 2. The Kier molecular flexibility index (Phi) is 19.0. The molecule has 0 aliphatic carbocycles. The molecule has 0 aliphatic heterocycles. The van der Waals surface area contributed by atoms with E-state index in [0.29, 0.717) is 6.04 Å². The van der Waals surface area contributed by atoms with Crippen LogP contribution < -0.4 is 20.1 Å². The Balaban J connectivity index is 0.000000240. The second-order valence-corrected chi connectivity index (χ2v) is 12.6. The first-order valence-corrected chi connectivity index (χ1v) is 18.5. The van der Waals surface area contributed by atoms with Crippen LogP contribution in [0.3, 0.4) is 0 Å². The molecule has 0 unspecified atom stereocenters. The standard InChI is InChI=1S/C24H23NO.C15H16BrN.C9H8O.CH4/c1-19(23-16-9-13-21-12-5-6-15-24(21)23)25-17-7-3-4-10-20-11-8-14-22(18-20)26-2;1-12(17-11-5-10-16)14-9-4-7-13-6-2-3-8-15(13)14;1-3-8-5-4-6-9(7-8)10-2;/h3,5-9,11-16,18-19,25H,17H2,1-2H3;2-10,12,17H,11H2,1H3;1,4-7H,2H3;1H4/b7-3+;10-5+;;/t19-;12-;;/m11../s1. The van der Waals surface area contributed by atoms with Crippen LogP contribution in [-0.4, -0.2) is 27.3 Å². The van der Waals surface area contributed by atoms with Crippen LogP contribution in [0.4, 0.5) is 0 Å². The Bertz CT molecular complexity index is 2200. The Hall–Kier alpha value is -5.56. The van der Waals surface area contributed by atoms with Crippen molar-refractivity contribution in [1.82, 2.24) is 10.6 Å². The summed E-state index contributed by atoms with van der Waals surface area (Å²) >= 11 is 3.27. The van der Waals surface area contributed by atoms with Crippen LogP contribution in [0.2, 0.25) is 0 Å². The number of terminal acetylenes is 1. The van der Waals surface area contributed by atoms with Crippen molar-refractivity contribution in [2.75, 3.05) is 27.3 Å². The van der Waals surface area contributed by atoms with Crippen LogP contribution in [0.5, 0.6) is 11.5 Å². The van der Waals surface area contributed by atoms with Gasteiger partial charge >= 0.3 is 0 Å². The Morgan fingerprint density at radius 3 is 1.61 bits per heavy atom. The number of rotatable bonds is 10. The quantitative estimate of drug-likeness (QED) is 0.136. The van der Waals surface area contributed by atoms with Crippen molar-refractivity contribution in [3.8, 4) is 35.7 Å². The van der Waals surface area contributed by atoms with Gasteiger partial charge in [0.2, 0.25) is 0 Å². The number of benzene rings is 6. The van der Waals surface area contributed by atoms with Crippen LogP contribution >= 0.6 is 15.9 Å². The molecular weight excluding hydrogens is 728 g/mol. The molecule has 6 aromatic carbocycles. The molecule has 0 bridgehead atoms. The second-order valence-electron chi connectivity index (χ2n) is 12.0. The molecular formula is C49H51BrN2O2. The fourth-order valence-corrected chi connectivity index (χ4v) is 5.85. The maximum atomic E-state index is 5.20. The minimum absolute atomic E-state index is 0. The zero-order chi connectivity index (χ0) is 37.7. The zero-order valence-corrected chi connectivity index (χ0v) is 32.4. The van der Waals surface area contributed by atoms with E-state index < -0.39 is 0 Å². The van der Waals surface area contributed by atoms with Crippen LogP contribution in [0, 0.1) is 24.2 Å². The fourth-order valence-electron chi connectivity index (χ4n) is 5.67. The largest absolute Gasteiger partial charge is 0.497 e. The maximum Gasteiger partial charge on any atom is 0.120 e. The molecule has 276 valence electrons. The fraction of sp³-hybridized carbons (Fsp3) is 0.184. The average Bonchev–Trinajstić information content (AvgIpc) is 3.22. The van der Waals surface area contributed by atoms with Gasteiger partial charge in [0.25, 0.3) is 0 Å². The van der Waals surface area contributed by atoms with Gasteiger partial charge in [-0.1, -0.05) is 150 Å². The van der Waals surface area contributed by atoms with Gasteiger partial charge < -0.3 is 20.1 Å². The van der Waals surface area contributed by atoms with Gasteiger partial charge in [0.15, 0.2) is 0 Å². The average molecular weight is 780 g/mol. The molecule has 0 aromatic heterocycles. The molecule has 0 saturated heterocycles. The van der Waals surface area contributed by atoms with Gasteiger partial charge in [-0.2, -0.15) is 0 Å². The number of hydrogen-bond donors (Lipinski definition) is 2. The molecule has 4 nitrogen and oxygen atoms in total. The van der Waals surface area contributed by atoms with E-state index in [-0.39, 0.29) is 13.5 Å². The molecule has 0 heterocycles. The summed E-state index contributed by atoms with van der Waals surface area (Å²) in [6, 6.07) is 45.8. The molecule has 54 heavy (non-hydrogen) atoms. The molecule has 6 aromatic rings.